The van der Waals surface area contributed by atoms with Crippen molar-refractivity contribution >= 4 is 28.3 Å². The summed E-state index contributed by atoms with van der Waals surface area (Å²) >= 11 is 0. The maximum absolute atomic E-state index is 6.13. The van der Waals surface area contributed by atoms with Crippen LogP contribution in [0, 0.1) is 13.8 Å². The molecule has 1 N–H and O–H groups in total. The fraction of sp³-hybridized carbons (Fsp3) is 0.167. The molecule has 0 spiro atoms. The van der Waals surface area contributed by atoms with Gasteiger partial charge in [0.15, 0.2) is 23.0 Å². The van der Waals surface area contributed by atoms with Crippen molar-refractivity contribution in [3.63, 3.8) is 0 Å². The van der Waals surface area contributed by atoms with Gasteiger partial charge in [-0.15, -0.1) is 0 Å². The number of furan rings is 1. The highest BCUT2D eigenvalue weighted by Gasteiger charge is 2.21. The van der Waals surface area contributed by atoms with Gasteiger partial charge in [-0.05, 0) is 44.2 Å². The van der Waals surface area contributed by atoms with Crippen molar-refractivity contribution in [2.45, 2.75) is 13.8 Å². The molecule has 154 valence electrons. The summed E-state index contributed by atoms with van der Waals surface area (Å²) in [5.74, 6) is 3.56. The fourth-order valence-corrected chi connectivity index (χ4v) is 4.02. The molecule has 0 atom stereocenters. The highest BCUT2D eigenvalue weighted by Crippen LogP contribution is 2.37. The van der Waals surface area contributed by atoms with Gasteiger partial charge in [-0.25, -0.2) is 9.97 Å². The second-order valence-electron chi connectivity index (χ2n) is 7.62. The van der Waals surface area contributed by atoms with Crippen LogP contribution in [0.25, 0.3) is 28.2 Å². The molecular weight excluding hydrogens is 392 g/mol. The van der Waals surface area contributed by atoms with Crippen molar-refractivity contribution in [3.8, 4) is 23.0 Å². The Hall–Kier alpha value is -4.00. The number of nitrogens with one attached hydrogen (secondary N) is 1. The molecule has 3 aromatic heterocycles. The standard InChI is InChI=1S/C24H20N4O3/c1-14-11-15(2)28-23(26-17-7-8-19-20(13-17)30-10-9-29-19)22(27-24(28)25-14)21-12-16-5-3-4-6-18(16)31-21/h3-8,11-13,26H,9-10H2,1-2H3. The van der Waals surface area contributed by atoms with Gasteiger partial charge in [0.25, 0.3) is 0 Å². The number of anilines is 2. The number of rotatable bonds is 3. The van der Waals surface area contributed by atoms with Crippen molar-refractivity contribution in [1.82, 2.24) is 14.4 Å². The van der Waals surface area contributed by atoms with Gasteiger partial charge in [0.2, 0.25) is 5.78 Å². The third kappa shape index (κ3) is 2.97. The number of aromatic nitrogens is 3. The number of para-hydroxylation sites is 1. The van der Waals surface area contributed by atoms with Crippen molar-refractivity contribution in [1.29, 1.82) is 0 Å². The van der Waals surface area contributed by atoms with E-state index in [9.17, 15) is 0 Å². The predicted molar refractivity (Wildman–Crippen MR) is 118 cm³/mol. The molecule has 0 aliphatic carbocycles. The molecule has 31 heavy (non-hydrogen) atoms. The summed E-state index contributed by atoms with van der Waals surface area (Å²) < 4.78 is 19.5. The average Bonchev–Trinajstić information content (AvgIpc) is 3.35. The number of benzene rings is 2. The second kappa shape index (κ2) is 6.77. The quantitative estimate of drug-likeness (QED) is 0.435. The largest absolute Gasteiger partial charge is 0.486 e. The molecule has 0 saturated carbocycles. The summed E-state index contributed by atoms with van der Waals surface area (Å²) in [4.78, 5) is 9.46. The first kappa shape index (κ1) is 17.8. The summed E-state index contributed by atoms with van der Waals surface area (Å²) in [6, 6.07) is 17.8. The maximum atomic E-state index is 6.13. The zero-order chi connectivity index (χ0) is 20.9. The van der Waals surface area contributed by atoms with Crippen LogP contribution in [-0.4, -0.2) is 27.6 Å². The minimum Gasteiger partial charge on any atom is -0.486 e. The number of nitrogens with zero attached hydrogens (tertiary/aromatic N) is 3. The van der Waals surface area contributed by atoms with Gasteiger partial charge >= 0.3 is 0 Å². The molecule has 2 aromatic carbocycles. The Balaban J connectivity index is 1.54. The Morgan fingerprint density at radius 2 is 1.74 bits per heavy atom. The summed E-state index contributed by atoms with van der Waals surface area (Å²) in [5, 5.41) is 4.54. The number of hydrogen-bond acceptors (Lipinski definition) is 6. The van der Waals surface area contributed by atoms with Crippen LogP contribution in [0.15, 0.2) is 59.0 Å². The lowest BCUT2D eigenvalue weighted by atomic mass is 10.2. The number of ether oxygens (including phenoxy) is 2. The van der Waals surface area contributed by atoms with E-state index in [0.29, 0.717) is 30.4 Å². The smallest absolute Gasteiger partial charge is 0.236 e. The minimum absolute atomic E-state index is 0.540. The number of hydrogen-bond donors (Lipinski definition) is 1. The van der Waals surface area contributed by atoms with Gasteiger partial charge in [0.05, 0.1) is 0 Å². The molecule has 0 saturated heterocycles. The SMILES string of the molecule is Cc1cc(C)n2c(Nc3ccc4c(c3)OCCO4)c(-c3cc4ccccc4o3)nc2n1. The molecule has 0 amide bonds. The van der Waals surface area contributed by atoms with Crippen LogP contribution in [0.1, 0.15) is 11.4 Å². The van der Waals surface area contributed by atoms with Gasteiger partial charge in [-0.1, -0.05) is 18.2 Å². The van der Waals surface area contributed by atoms with Gasteiger partial charge in [-0.3, -0.25) is 4.40 Å². The van der Waals surface area contributed by atoms with E-state index in [1.54, 1.807) is 0 Å². The molecule has 0 unspecified atom stereocenters. The molecule has 0 radical (unpaired) electrons. The molecule has 1 aliphatic rings. The van der Waals surface area contributed by atoms with Crippen molar-refractivity contribution in [2.75, 3.05) is 18.5 Å². The molecule has 0 bridgehead atoms. The van der Waals surface area contributed by atoms with Crippen LogP contribution in [-0.2, 0) is 0 Å². The van der Waals surface area contributed by atoms with Crippen LogP contribution in [0.5, 0.6) is 11.5 Å². The summed E-state index contributed by atoms with van der Waals surface area (Å²) in [7, 11) is 0. The van der Waals surface area contributed by atoms with Crippen LogP contribution >= 0.6 is 0 Å². The van der Waals surface area contributed by atoms with Crippen molar-refractivity contribution in [3.05, 3.63) is 66.0 Å². The van der Waals surface area contributed by atoms with Crippen LogP contribution in [0.2, 0.25) is 0 Å². The van der Waals surface area contributed by atoms with Crippen molar-refractivity contribution < 1.29 is 13.9 Å². The normalized spacial score (nSPS) is 13.1. The Morgan fingerprint density at radius 1 is 0.903 bits per heavy atom. The first-order valence-corrected chi connectivity index (χ1v) is 10.2. The summed E-state index contributed by atoms with van der Waals surface area (Å²) in [5.41, 5.74) is 4.32. The van der Waals surface area contributed by atoms with E-state index < -0.39 is 0 Å². The highest BCUT2D eigenvalue weighted by molar-refractivity contribution is 5.86. The first-order valence-electron chi connectivity index (χ1n) is 10.2. The lowest BCUT2D eigenvalue weighted by Gasteiger charge is -2.19. The zero-order valence-corrected chi connectivity index (χ0v) is 17.2. The van der Waals surface area contributed by atoms with E-state index in [4.69, 9.17) is 18.9 Å². The highest BCUT2D eigenvalue weighted by atomic mass is 16.6. The van der Waals surface area contributed by atoms with Gasteiger partial charge < -0.3 is 19.2 Å². The molecule has 7 heteroatoms. The average molecular weight is 412 g/mol. The summed E-state index contributed by atoms with van der Waals surface area (Å²) in [6.45, 7) is 5.11. The van der Waals surface area contributed by atoms with Gasteiger partial charge in [0.1, 0.15) is 24.6 Å². The minimum atomic E-state index is 0.540. The lowest BCUT2D eigenvalue weighted by molar-refractivity contribution is 0.171. The lowest BCUT2D eigenvalue weighted by Crippen LogP contribution is -2.15. The third-order valence-electron chi connectivity index (χ3n) is 5.37. The first-order chi connectivity index (χ1) is 15.2. The molecular formula is C24H20N4O3. The van der Waals surface area contributed by atoms with E-state index in [1.165, 1.54) is 0 Å². The van der Waals surface area contributed by atoms with Crippen molar-refractivity contribution in [2.24, 2.45) is 0 Å². The van der Waals surface area contributed by atoms with E-state index >= 15 is 0 Å². The van der Waals surface area contributed by atoms with E-state index in [-0.39, 0.29) is 0 Å². The Kier molecular flexibility index (Phi) is 3.89. The monoisotopic (exact) mass is 412 g/mol. The molecule has 1 aliphatic heterocycles. The van der Waals surface area contributed by atoms with Crippen LogP contribution in [0.3, 0.4) is 0 Å². The molecule has 4 heterocycles. The number of aryl methyl sites for hydroxylation is 2. The van der Waals surface area contributed by atoms with Gasteiger partial charge in [-0.2, -0.15) is 0 Å². The Labute approximate surface area is 178 Å². The van der Waals surface area contributed by atoms with E-state index in [1.807, 2.05) is 72.8 Å². The number of fused-ring (bicyclic) bond motifs is 3. The maximum Gasteiger partial charge on any atom is 0.236 e. The van der Waals surface area contributed by atoms with Gasteiger partial charge in [0, 0.05) is 28.5 Å². The topological polar surface area (TPSA) is 73.8 Å². The molecule has 7 nitrogen and oxygen atoms in total. The van der Waals surface area contributed by atoms with Crippen LogP contribution < -0.4 is 14.8 Å². The second-order valence-corrected chi connectivity index (χ2v) is 7.62. The Bertz CT molecular complexity index is 1420. The predicted octanol–water partition coefficient (Wildman–Crippen LogP) is 5.27. The van der Waals surface area contributed by atoms with Crippen LogP contribution in [0.4, 0.5) is 11.5 Å². The molecule has 0 fully saturated rings. The molecule has 6 rings (SSSR count). The Morgan fingerprint density at radius 3 is 2.61 bits per heavy atom. The fourth-order valence-electron chi connectivity index (χ4n) is 4.02. The van der Waals surface area contributed by atoms with E-state index in [0.717, 1.165) is 45.4 Å². The molecule has 5 aromatic rings. The van der Waals surface area contributed by atoms with E-state index in [2.05, 4.69) is 10.3 Å². The zero-order valence-electron chi connectivity index (χ0n) is 17.2. The summed E-state index contributed by atoms with van der Waals surface area (Å²) in [6.07, 6.45) is 0. The third-order valence-corrected chi connectivity index (χ3v) is 5.37. The number of imidazole rings is 1.